The van der Waals surface area contributed by atoms with Crippen LogP contribution in [0.1, 0.15) is 12.7 Å². The third-order valence-electron chi connectivity index (χ3n) is 2.62. The highest BCUT2D eigenvalue weighted by Gasteiger charge is 2.23. The van der Waals surface area contributed by atoms with Gasteiger partial charge in [0, 0.05) is 38.2 Å². The second-order valence-corrected chi connectivity index (χ2v) is 6.26. The summed E-state index contributed by atoms with van der Waals surface area (Å²) in [6.07, 6.45) is 5.16. The highest BCUT2D eigenvalue weighted by molar-refractivity contribution is 7.91. The summed E-state index contributed by atoms with van der Waals surface area (Å²) in [7, 11) is -1.22. The van der Waals surface area contributed by atoms with Crippen molar-refractivity contribution in [3.05, 3.63) is 18.2 Å². The Morgan fingerprint density at radius 3 is 2.60 bits per heavy atom. The summed E-state index contributed by atoms with van der Waals surface area (Å²) in [5, 5.41) is -0.547. The zero-order valence-corrected chi connectivity index (χ0v) is 10.0. The number of hydrogen-bond acceptors (Lipinski definition) is 4. The molecule has 2 unspecified atom stereocenters. The van der Waals surface area contributed by atoms with E-state index in [1.54, 1.807) is 13.1 Å². The Kier molecular flexibility index (Phi) is 3.51. The Labute approximate surface area is 90.2 Å². The summed E-state index contributed by atoms with van der Waals surface area (Å²) >= 11 is 0. The minimum atomic E-state index is -3.08. The standard InChI is InChI=1S/C9H17N3O2S/c1-7(15(3,13)14)8(10)6-9-11-4-5-12(9)2/h4-5,7-8H,6,10H2,1-3H3. The maximum atomic E-state index is 11.3. The van der Waals surface area contributed by atoms with Gasteiger partial charge in [0.2, 0.25) is 0 Å². The molecule has 15 heavy (non-hydrogen) atoms. The fraction of sp³-hybridized carbons (Fsp3) is 0.667. The van der Waals surface area contributed by atoms with Crippen LogP contribution in [0.3, 0.4) is 0 Å². The third kappa shape index (κ3) is 3.04. The monoisotopic (exact) mass is 231 g/mol. The maximum Gasteiger partial charge on any atom is 0.151 e. The van der Waals surface area contributed by atoms with Crippen LogP contribution in [0.4, 0.5) is 0 Å². The first kappa shape index (κ1) is 12.2. The minimum Gasteiger partial charge on any atom is -0.338 e. The molecule has 0 aliphatic rings. The molecule has 0 saturated carbocycles. The van der Waals surface area contributed by atoms with Crippen LogP contribution in [-0.2, 0) is 23.3 Å². The molecule has 0 radical (unpaired) electrons. The van der Waals surface area contributed by atoms with Crippen molar-refractivity contribution < 1.29 is 8.42 Å². The molecule has 1 heterocycles. The summed E-state index contributed by atoms with van der Waals surface area (Å²) < 4.78 is 24.4. The Morgan fingerprint density at radius 2 is 2.20 bits per heavy atom. The molecule has 1 aromatic heterocycles. The number of rotatable bonds is 4. The first-order valence-electron chi connectivity index (χ1n) is 4.73. The molecule has 0 aliphatic heterocycles. The zero-order chi connectivity index (χ0) is 11.6. The molecule has 0 fully saturated rings. The zero-order valence-electron chi connectivity index (χ0n) is 9.21. The maximum absolute atomic E-state index is 11.3. The summed E-state index contributed by atoms with van der Waals surface area (Å²) in [5.41, 5.74) is 5.83. The molecule has 2 N–H and O–H groups in total. The predicted molar refractivity (Wildman–Crippen MR) is 59.2 cm³/mol. The number of aryl methyl sites for hydroxylation is 1. The molecule has 0 bridgehead atoms. The average Bonchev–Trinajstić information content (AvgIpc) is 2.49. The highest BCUT2D eigenvalue weighted by atomic mass is 32.2. The van der Waals surface area contributed by atoms with Gasteiger partial charge in [-0.2, -0.15) is 0 Å². The molecule has 6 heteroatoms. The van der Waals surface area contributed by atoms with Crippen molar-refractivity contribution in [2.75, 3.05) is 6.26 Å². The predicted octanol–water partition coefficient (Wildman–Crippen LogP) is -0.277. The van der Waals surface area contributed by atoms with E-state index in [1.165, 1.54) is 6.26 Å². The molecular weight excluding hydrogens is 214 g/mol. The SMILES string of the molecule is CC(C(N)Cc1nccn1C)S(C)(=O)=O. The van der Waals surface area contributed by atoms with Gasteiger partial charge in [-0.3, -0.25) is 0 Å². The smallest absolute Gasteiger partial charge is 0.151 e. The topological polar surface area (TPSA) is 78.0 Å². The van der Waals surface area contributed by atoms with Gasteiger partial charge in [0.15, 0.2) is 9.84 Å². The van der Waals surface area contributed by atoms with Gasteiger partial charge in [-0.15, -0.1) is 0 Å². The third-order valence-corrected chi connectivity index (χ3v) is 4.32. The summed E-state index contributed by atoms with van der Waals surface area (Å²) in [6, 6.07) is -0.416. The van der Waals surface area contributed by atoms with Crippen LogP contribution in [0.25, 0.3) is 0 Å². The van der Waals surface area contributed by atoms with Crippen molar-refractivity contribution in [1.82, 2.24) is 9.55 Å². The van der Waals surface area contributed by atoms with Crippen molar-refractivity contribution in [3.8, 4) is 0 Å². The number of aromatic nitrogens is 2. The number of imidazole rings is 1. The van der Waals surface area contributed by atoms with Crippen LogP contribution in [0.15, 0.2) is 12.4 Å². The minimum absolute atomic E-state index is 0.416. The summed E-state index contributed by atoms with van der Waals surface area (Å²) in [4.78, 5) is 4.11. The van der Waals surface area contributed by atoms with E-state index in [2.05, 4.69) is 4.98 Å². The van der Waals surface area contributed by atoms with Crippen LogP contribution in [0.2, 0.25) is 0 Å². The lowest BCUT2D eigenvalue weighted by Gasteiger charge is -2.17. The molecule has 0 aromatic carbocycles. The molecule has 0 amide bonds. The van der Waals surface area contributed by atoms with Gasteiger partial charge in [-0.05, 0) is 6.92 Å². The number of nitrogens with zero attached hydrogens (tertiary/aromatic N) is 2. The van der Waals surface area contributed by atoms with E-state index in [-0.39, 0.29) is 0 Å². The van der Waals surface area contributed by atoms with Gasteiger partial charge in [0.25, 0.3) is 0 Å². The Hall–Kier alpha value is -0.880. The Bertz CT molecular complexity index is 424. The first-order valence-corrected chi connectivity index (χ1v) is 6.68. The average molecular weight is 231 g/mol. The molecule has 0 spiro atoms. The van der Waals surface area contributed by atoms with E-state index in [1.807, 2.05) is 17.8 Å². The van der Waals surface area contributed by atoms with Crippen LogP contribution < -0.4 is 5.73 Å². The Morgan fingerprint density at radius 1 is 1.60 bits per heavy atom. The molecule has 5 nitrogen and oxygen atoms in total. The number of hydrogen-bond donors (Lipinski definition) is 1. The lowest BCUT2D eigenvalue weighted by atomic mass is 10.1. The molecule has 0 aliphatic carbocycles. The largest absolute Gasteiger partial charge is 0.338 e. The quantitative estimate of drug-likeness (QED) is 0.773. The second kappa shape index (κ2) is 4.32. The van der Waals surface area contributed by atoms with Gasteiger partial charge in [-0.1, -0.05) is 0 Å². The van der Waals surface area contributed by atoms with Crippen LogP contribution in [-0.4, -0.2) is 35.5 Å². The van der Waals surface area contributed by atoms with Gasteiger partial charge < -0.3 is 10.3 Å². The van der Waals surface area contributed by atoms with E-state index in [4.69, 9.17) is 5.73 Å². The van der Waals surface area contributed by atoms with Gasteiger partial charge in [0.05, 0.1) is 5.25 Å². The lowest BCUT2D eigenvalue weighted by Crippen LogP contribution is -2.40. The van der Waals surface area contributed by atoms with Crippen LogP contribution in [0.5, 0.6) is 0 Å². The van der Waals surface area contributed by atoms with Crippen LogP contribution >= 0.6 is 0 Å². The van der Waals surface area contributed by atoms with Crippen molar-refractivity contribution in [1.29, 1.82) is 0 Å². The van der Waals surface area contributed by atoms with E-state index in [0.29, 0.717) is 6.42 Å². The van der Waals surface area contributed by atoms with E-state index in [9.17, 15) is 8.42 Å². The molecular formula is C9H17N3O2S. The van der Waals surface area contributed by atoms with E-state index >= 15 is 0 Å². The molecule has 2 atom stereocenters. The fourth-order valence-electron chi connectivity index (χ4n) is 1.29. The Balaban J connectivity index is 2.72. The van der Waals surface area contributed by atoms with E-state index in [0.717, 1.165) is 5.82 Å². The van der Waals surface area contributed by atoms with Crippen molar-refractivity contribution in [2.24, 2.45) is 12.8 Å². The number of nitrogens with two attached hydrogens (primary N) is 1. The summed E-state index contributed by atoms with van der Waals surface area (Å²) in [5.74, 6) is 0.804. The van der Waals surface area contributed by atoms with Gasteiger partial charge >= 0.3 is 0 Å². The molecule has 1 aromatic rings. The highest BCUT2D eigenvalue weighted by Crippen LogP contribution is 2.07. The number of sulfone groups is 1. The fourth-order valence-corrected chi connectivity index (χ4v) is 2.02. The van der Waals surface area contributed by atoms with Crippen molar-refractivity contribution in [3.63, 3.8) is 0 Å². The summed E-state index contributed by atoms with van der Waals surface area (Å²) in [6.45, 7) is 1.63. The van der Waals surface area contributed by atoms with E-state index < -0.39 is 21.1 Å². The normalized spacial score (nSPS) is 16.3. The first-order chi connectivity index (χ1) is 6.82. The van der Waals surface area contributed by atoms with Crippen LogP contribution in [0, 0.1) is 0 Å². The lowest BCUT2D eigenvalue weighted by molar-refractivity contribution is 0.553. The molecule has 1 rings (SSSR count). The van der Waals surface area contributed by atoms with Crippen molar-refractivity contribution >= 4 is 9.84 Å². The van der Waals surface area contributed by atoms with Gasteiger partial charge in [-0.25, -0.2) is 13.4 Å². The molecule has 86 valence electrons. The van der Waals surface area contributed by atoms with Crippen molar-refractivity contribution in [2.45, 2.75) is 24.6 Å². The van der Waals surface area contributed by atoms with Gasteiger partial charge in [0.1, 0.15) is 5.82 Å². The molecule has 0 saturated heterocycles. The second-order valence-electron chi connectivity index (χ2n) is 3.86.